The first-order valence-electron chi connectivity index (χ1n) is 8.90. The second-order valence-corrected chi connectivity index (χ2v) is 7.22. The Morgan fingerprint density at radius 2 is 2.04 bits per heavy atom. The van der Waals surface area contributed by atoms with Crippen LogP contribution in [0.4, 0.5) is 0 Å². The van der Waals surface area contributed by atoms with Gasteiger partial charge in [-0.15, -0.1) is 0 Å². The smallest absolute Gasteiger partial charge is 0.234 e. The summed E-state index contributed by atoms with van der Waals surface area (Å²) in [5, 5.41) is 13.2. The monoisotopic (exact) mass is 332 g/mol. The Bertz CT molecular complexity index is 556. The molecular formula is C19H28N2O3. The number of hydrogen-bond donors (Lipinski definition) is 2. The van der Waals surface area contributed by atoms with E-state index in [0.717, 1.165) is 37.1 Å². The maximum atomic E-state index is 12.5. The number of carbonyl (C=O) groups is 1. The molecule has 5 nitrogen and oxygen atoms in total. The van der Waals surface area contributed by atoms with Crippen molar-refractivity contribution in [2.45, 2.75) is 38.3 Å². The molecule has 0 aromatic heterocycles. The highest BCUT2D eigenvalue weighted by atomic mass is 16.5. The van der Waals surface area contributed by atoms with Gasteiger partial charge in [0, 0.05) is 6.54 Å². The number of likely N-dealkylation sites (tertiary alicyclic amines) is 1. The van der Waals surface area contributed by atoms with E-state index in [9.17, 15) is 9.90 Å². The van der Waals surface area contributed by atoms with Crippen LogP contribution in [-0.4, -0.2) is 48.8 Å². The summed E-state index contributed by atoms with van der Waals surface area (Å²) in [6.45, 7) is 3.89. The van der Waals surface area contributed by atoms with E-state index in [1.54, 1.807) is 7.11 Å². The molecule has 1 amide bonds. The van der Waals surface area contributed by atoms with Crippen LogP contribution in [0.1, 0.15) is 37.8 Å². The minimum absolute atomic E-state index is 0.0458. The Morgan fingerprint density at radius 1 is 1.33 bits per heavy atom. The summed E-state index contributed by atoms with van der Waals surface area (Å²) in [7, 11) is 1.66. The quantitative estimate of drug-likeness (QED) is 0.836. The molecule has 3 rings (SSSR count). The molecule has 0 radical (unpaired) electrons. The molecule has 1 saturated heterocycles. The lowest BCUT2D eigenvalue weighted by atomic mass is 9.96. The zero-order valence-electron chi connectivity index (χ0n) is 14.6. The summed E-state index contributed by atoms with van der Waals surface area (Å²) in [6, 6.07) is 8.04. The van der Waals surface area contributed by atoms with Crippen LogP contribution in [0.25, 0.3) is 0 Å². The number of hydrogen-bond acceptors (Lipinski definition) is 4. The fourth-order valence-corrected chi connectivity index (χ4v) is 3.39. The van der Waals surface area contributed by atoms with Gasteiger partial charge in [-0.1, -0.05) is 19.1 Å². The molecular weight excluding hydrogens is 304 g/mol. The van der Waals surface area contributed by atoms with Gasteiger partial charge in [-0.3, -0.25) is 9.69 Å². The highest BCUT2D eigenvalue weighted by Crippen LogP contribution is 2.41. The van der Waals surface area contributed by atoms with Crippen LogP contribution in [0.5, 0.6) is 5.75 Å². The summed E-state index contributed by atoms with van der Waals surface area (Å²) in [5.41, 5.74) is 1.14. The van der Waals surface area contributed by atoms with Crippen molar-refractivity contribution in [3.05, 3.63) is 29.8 Å². The van der Waals surface area contributed by atoms with Crippen molar-refractivity contribution in [1.82, 2.24) is 10.2 Å². The van der Waals surface area contributed by atoms with Gasteiger partial charge in [0.15, 0.2) is 0 Å². The number of aliphatic hydroxyl groups excluding tert-OH is 1. The fraction of sp³-hybridized carbons (Fsp3) is 0.632. The number of methoxy groups -OCH3 is 1. The molecule has 1 saturated carbocycles. The molecule has 3 unspecified atom stereocenters. The average molecular weight is 332 g/mol. The van der Waals surface area contributed by atoms with E-state index in [-0.39, 0.29) is 18.1 Å². The summed E-state index contributed by atoms with van der Waals surface area (Å²) in [4.78, 5) is 14.5. The van der Waals surface area contributed by atoms with Gasteiger partial charge in [-0.2, -0.15) is 0 Å². The van der Waals surface area contributed by atoms with Gasteiger partial charge in [-0.25, -0.2) is 0 Å². The third-order valence-electron chi connectivity index (χ3n) is 5.25. The average Bonchev–Trinajstić information content (AvgIpc) is 3.41. The van der Waals surface area contributed by atoms with E-state index in [0.29, 0.717) is 24.9 Å². The third kappa shape index (κ3) is 4.28. The standard InChI is InChI=1S/C19H28N2O3/c1-13-9-10-21(11-17(13)22)12-18(23)20-19(14-3-4-14)15-5-7-16(24-2)8-6-15/h5-8,13-14,17,19,22H,3-4,9-12H2,1-2H3,(H,20,23). The summed E-state index contributed by atoms with van der Waals surface area (Å²) in [6.07, 6.45) is 2.94. The number of benzene rings is 1. The lowest BCUT2D eigenvalue weighted by Crippen LogP contribution is -2.47. The van der Waals surface area contributed by atoms with E-state index >= 15 is 0 Å². The number of amides is 1. The van der Waals surface area contributed by atoms with Crippen molar-refractivity contribution in [3.63, 3.8) is 0 Å². The molecule has 1 aliphatic heterocycles. The second kappa shape index (κ2) is 7.53. The maximum Gasteiger partial charge on any atom is 0.234 e. The molecule has 2 aliphatic rings. The molecule has 2 N–H and O–H groups in total. The Labute approximate surface area is 144 Å². The minimum Gasteiger partial charge on any atom is -0.497 e. The molecule has 1 heterocycles. The van der Waals surface area contributed by atoms with Crippen molar-refractivity contribution in [1.29, 1.82) is 0 Å². The number of piperidine rings is 1. The fourth-order valence-electron chi connectivity index (χ4n) is 3.39. The first-order valence-corrected chi connectivity index (χ1v) is 8.90. The molecule has 3 atom stereocenters. The molecule has 1 aromatic carbocycles. The van der Waals surface area contributed by atoms with Crippen molar-refractivity contribution in [3.8, 4) is 5.75 Å². The van der Waals surface area contributed by atoms with Crippen LogP contribution in [0.2, 0.25) is 0 Å². The topological polar surface area (TPSA) is 61.8 Å². The number of ether oxygens (including phenoxy) is 1. The van der Waals surface area contributed by atoms with E-state index in [1.165, 1.54) is 0 Å². The molecule has 0 bridgehead atoms. The van der Waals surface area contributed by atoms with Crippen molar-refractivity contribution < 1.29 is 14.6 Å². The van der Waals surface area contributed by atoms with Gasteiger partial charge in [0.05, 0.1) is 25.8 Å². The summed E-state index contributed by atoms with van der Waals surface area (Å²) < 4.78 is 5.21. The van der Waals surface area contributed by atoms with Crippen LogP contribution < -0.4 is 10.1 Å². The Hall–Kier alpha value is -1.59. The normalized spacial score (nSPS) is 26.0. The molecule has 5 heteroatoms. The highest BCUT2D eigenvalue weighted by Gasteiger charge is 2.34. The van der Waals surface area contributed by atoms with E-state index in [4.69, 9.17) is 4.74 Å². The third-order valence-corrected chi connectivity index (χ3v) is 5.25. The number of rotatable bonds is 6. The van der Waals surface area contributed by atoms with Crippen molar-refractivity contribution in [2.75, 3.05) is 26.7 Å². The van der Waals surface area contributed by atoms with E-state index < -0.39 is 0 Å². The zero-order chi connectivity index (χ0) is 17.1. The van der Waals surface area contributed by atoms with Crippen molar-refractivity contribution in [2.24, 2.45) is 11.8 Å². The summed E-state index contributed by atoms with van der Waals surface area (Å²) >= 11 is 0. The number of nitrogens with one attached hydrogen (secondary N) is 1. The molecule has 2 fully saturated rings. The number of β-amino-alcohol motifs (C(OH)–C–C–N with tert-alkyl or cyclic N) is 1. The number of aliphatic hydroxyl groups is 1. The van der Waals surface area contributed by atoms with Gasteiger partial charge in [-0.05, 0) is 55.3 Å². The van der Waals surface area contributed by atoms with Crippen LogP contribution in [0, 0.1) is 11.8 Å². The van der Waals surface area contributed by atoms with Gasteiger partial charge in [0.1, 0.15) is 5.75 Å². The first-order chi connectivity index (χ1) is 11.6. The zero-order valence-corrected chi connectivity index (χ0v) is 14.6. The van der Waals surface area contributed by atoms with Gasteiger partial charge < -0.3 is 15.2 Å². The maximum absolute atomic E-state index is 12.5. The first kappa shape index (κ1) is 17.2. The lowest BCUT2D eigenvalue weighted by Gasteiger charge is -2.34. The minimum atomic E-state index is -0.327. The van der Waals surface area contributed by atoms with Crippen LogP contribution in [0.15, 0.2) is 24.3 Å². The second-order valence-electron chi connectivity index (χ2n) is 7.22. The molecule has 0 spiro atoms. The SMILES string of the molecule is COc1ccc(C(NC(=O)CN2CCC(C)C(O)C2)C2CC2)cc1. The molecule has 1 aliphatic carbocycles. The van der Waals surface area contributed by atoms with Gasteiger partial charge >= 0.3 is 0 Å². The predicted molar refractivity (Wildman–Crippen MR) is 92.8 cm³/mol. The molecule has 132 valence electrons. The summed E-state index contributed by atoms with van der Waals surface area (Å²) in [5.74, 6) is 1.73. The number of nitrogens with zero attached hydrogens (tertiary/aromatic N) is 1. The van der Waals surface area contributed by atoms with Crippen LogP contribution in [0.3, 0.4) is 0 Å². The number of carbonyl (C=O) groups excluding carboxylic acids is 1. The Kier molecular flexibility index (Phi) is 5.41. The highest BCUT2D eigenvalue weighted by molar-refractivity contribution is 5.78. The van der Waals surface area contributed by atoms with Gasteiger partial charge in [0.25, 0.3) is 0 Å². The van der Waals surface area contributed by atoms with Crippen LogP contribution in [-0.2, 0) is 4.79 Å². The lowest BCUT2D eigenvalue weighted by molar-refractivity contribution is -0.124. The largest absolute Gasteiger partial charge is 0.497 e. The molecule has 24 heavy (non-hydrogen) atoms. The van der Waals surface area contributed by atoms with E-state index in [1.807, 2.05) is 24.3 Å². The van der Waals surface area contributed by atoms with Crippen molar-refractivity contribution >= 4 is 5.91 Å². The van der Waals surface area contributed by atoms with Gasteiger partial charge in [0.2, 0.25) is 5.91 Å². The van der Waals surface area contributed by atoms with Crippen LogP contribution >= 0.6 is 0 Å². The Balaban J connectivity index is 1.58. The predicted octanol–water partition coefficient (Wildman–Crippen LogP) is 1.97. The molecule has 1 aromatic rings. The Morgan fingerprint density at radius 3 is 2.62 bits per heavy atom. The van der Waals surface area contributed by atoms with E-state index in [2.05, 4.69) is 17.1 Å².